The minimum atomic E-state index is -0.459. The Morgan fingerprint density at radius 1 is 1.29 bits per heavy atom. The Morgan fingerprint density at radius 3 is 2.52 bits per heavy atom. The number of benzene rings is 1. The molecule has 0 amide bonds. The summed E-state index contributed by atoms with van der Waals surface area (Å²) in [5, 5.41) is 20.0. The van der Waals surface area contributed by atoms with Crippen molar-refractivity contribution in [2.75, 3.05) is 13.1 Å². The third-order valence-electron chi connectivity index (χ3n) is 2.92. The van der Waals surface area contributed by atoms with Crippen molar-refractivity contribution in [3.63, 3.8) is 0 Å². The van der Waals surface area contributed by atoms with E-state index in [1.165, 1.54) is 42.2 Å². The maximum atomic E-state index is 10.6. The van der Waals surface area contributed by atoms with Gasteiger partial charge in [-0.1, -0.05) is 6.42 Å². The number of hydrogen-bond donors (Lipinski definition) is 0. The third-order valence-corrected chi connectivity index (χ3v) is 5.24. The van der Waals surface area contributed by atoms with Crippen LogP contribution in [0.4, 0.5) is 11.4 Å². The zero-order valence-corrected chi connectivity index (χ0v) is 12.9. The smallest absolute Gasteiger partial charge is 0.258 e. The number of nitriles is 1. The van der Waals surface area contributed by atoms with Crippen molar-refractivity contribution < 1.29 is 4.92 Å². The minimum absolute atomic E-state index is 0.0165. The Labute approximate surface area is 130 Å². The van der Waals surface area contributed by atoms with Crippen LogP contribution in [0.1, 0.15) is 19.3 Å². The van der Waals surface area contributed by atoms with Crippen LogP contribution in [0.25, 0.3) is 0 Å². The molecule has 1 fully saturated rings. The molecule has 0 radical (unpaired) electrons. The molecule has 1 aliphatic rings. The zero-order valence-electron chi connectivity index (χ0n) is 11.3. The minimum Gasteiger partial charge on any atom is -0.258 e. The molecule has 0 unspecified atom stereocenters. The van der Waals surface area contributed by atoms with Gasteiger partial charge in [-0.25, -0.2) is 9.30 Å². The predicted molar refractivity (Wildman–Crippen MR) is 86.4 cm³/mol. The summed E-state index contributed by atoms with van der Waals surface area (Å²) in [6, 6.07) is 7.92. The first-order valence-electron chi connectivity index (χ1n) is 6.52. The van der Waals surface area contributed by atoms with E-state index in [2.05, 4.69) is 15.4 Å². The zero-order chi connectivity index (χ0) is 15.1. The Kier molecular flexibility index (Phi) is 6.04. The molecule has 8 heteroatoms. The molecule has 1 heterocycles. The molecule has 0 N–H and O–H groups in total. The molecule has 0 bridgehead atoms. The fourth-order valence-corrected chi connectivity index (χ4v) is 3.82. The second kappa shape index (κ2) is 8.02. The van der Waals surface area contributed by atoms with Crippen LogP contribution < -0.4 is 0 Å². The van der Waals surface area contributed by atoms with Crippen molar-refractivity contribution >= 4 is 38.2 Å². The number of nitro benzene ring substituents is 1. The van der Waals surface area contributed by atoms with Crippen molar-refractivity contribution in [1.82, 2.24) is 4.31 Å². The predicted octanol–water partition coefficient (Wildman–Crippen LogP) is 3.93. The first kappa shape index (κ1) is 15.8. The van der Waals surface area contributed by atoms with E-state index in [9.17, 15) is 10.1 Å². The first-order valence-corrected chi connectivity index (χ1v) is 8.62. The maximum Gasteiger partial charge on any atom is 0.269 e. The summed E-state index contributed by atoms with van der Waals surface area (Å²) < 4.78 is 2.23. The Morgan fingerprint density at radius 2 is 1.95 bits per heavy atom. The SMILES string of the molecule is N#CC(=Nc1ccc([N+](=O)[O-])cc1)SSN1CCCCC1. The van der Waals surface area contributed by atoms with Crippen molar-refractivity contribution in [3.05, 3.63) is 34.4 Å². The number of hydrogen-bond acceptors (Lipinski definition) is 7. The molecule has 1 aliphatic heterocycles. The molecular weight excluding hydrogens is 308 g/mol. The number of nitrogens with zero attached hydrogens (tertiary/aromatic N) is 4. The van der Waals surface area contributed by atoms with Crippen molar-refractivity contribution in [2.24, 2.45) is 4.99 Å². The molecule has 0 aliphatic carbocycles. The number of aliphatic imine (C=N–C) groups is 1. The van der Waals surface area contributed by atoms with E-state index < -0.39 is 4.92 Å². The van der Waals surface area contributed by atoms with Gasteiger partial charge in [-0.15, -0.1) is 0 Å². The Balaban J connectivity index is 1.96. The highest BCUT2D eigenvalue weighted by Gasteiger charge is 2.12. The highest BCUT2D eigenvalue weighted by molar-refractivity contribution is 8.81. The van der Waals surface area contributed by atoms with Gasteiger partial charge in [0.25, 0.3) is 5.69 Å². The molecule has 110 valence electrons. The van der Waals surface area contributed by atoms with Crippen LogP contribution in [0.15, 0.2) is 29.3 Å². The molecular formula is C13H14N4O2S2. The summed E-state index contributed by atoms with van der Waals surface area (Å²) in [7, 11) is 2.88. The molecule has 21 heavy (non-hydrogen) atoms. The molecule has 0 saturated carbocycles. The van der Waals surface area contributed by atoms with Gasteiger partial charge in [0.15, 0.2) is 5.04 Å². The standard InChI is InChI=1S/C13H14N4O2S2/c14-10-13(20-21-16-8-2-1-3-9-16)15-11-4-6-12(7-5-11)17(18)19/h4-7H,1-3,8-9H2. The van der Waals surface area contributed by atoms with E-state index in [0.29, 0.717) is 10.7 Å². The fourth-order valence-electron chi connectivity index (χ4n) is 1.86. The van der Waals surface area contributed by atoms with E-state index in [4.69, 9.17) is 5.26 Å². The lowest BCUT2D eigenvalue weighted by Crippen LogP contribution is -2.22. The van der Waals surface area contributed by atoms with Crippen LogP contribution in [0.5, 0.6) is 0 Å². The van der Waals surface area contributed by atoms with E-state index in [1.807, 2.05) is 0 Å². The van der Waals surface area contributed by atoms with Gasteiger partial charge in [0.1, 0.15) is 6.07 Å². The van der Waals surface area contributed by atoms with Crippen molar-refractivity contribution in [1.29, 1.82) is 5.26 Å². The van der Waals surface area contributed by atoms with Gasteiger partial charge in [-0.2, -0.15) is 5.26 Å². The average molecular weight is 322 g/mol. The topological polar surface area (TPSA) is 82.5 Å². The average Bonchev–Trinajstić information content (AvgIpc) is 2.53. The molecule has 0 atom stereocenters. The van der Waals surface area contributed by atoms with Crippen LogP contribution in [-0.4, -0.2) is 27.4 Å². The molecule has 0 spiro atoms. The van der Waals surface area contributed by atoms with E-state index in [0.717, 1.165) is 13.1 Å². The van der Waals surface area contributed by atoms with Crippen LogP contribution in [0.2, 0.25) is 0 Å². The molecule has 2 rings (SSSR count). The lowest BCUT2D eigenvalue weighted by atomic mass is 10.2. The number of nitro groups is 1. The monoisotopic (exact) mass is 322 g/mol. The van der Waals surface area contributed by atoms with Gasteiger partial charge in [-0.05, 0) is 46.7 Å². The van der Waals surface area contributed by atoms with Crippen molar-refractivity contribution in [2.45, 2.75) is 19.3 Å². The van der Waals surface area contributed by atoms with E-state index in [-0.39, 0.29) is 5.69 Å². The maximum absolute atomic E-state index is 10.6. The Hall–Kier alpha value is -1.56. The largest absolute Gasteiger partial charge is 0.269 e. The second-order valence-electron chi connectivity index (χ2n) is 4.45. The molecule has 0 aromatic heterocycles. The highest BCUT2D eigenvalue weighted by Crippen LogP contribution is 2.31. The summed E-state index contributed by atoms with van der Waals surface area (Å²) in [4.78, 5) is 14.3. The van der Waals surface area contributed by atoms with Crippen LogP contribution in [-0.2, 0) is 0 Å². The summed E-state index contributed by atoms with van der Waals surface area (Å²) >= 11 is 0. The van der Waals surface area contributed by atoms with Crippen LogP contribution >= 0.6 is 21.8 Å². The lowest BCUT2D eigenvalue weighted by molar-refractivity contribution is -0.384. The lowest BCUT2D eigenvalue weighted by Gasteiger charge is -2.23. The van der Waals surface area contributed by atoms with Gasteiger partial charge >= 0.3 is 0 Å². The van der Waals surface area contributed by atoms with Gasteiger partial charge in [0, 0.05) is 25.2 Å². The summed E-state index contributed by atoms with van der Waals surface area (Å²) in [5.74, 6) is 0. The van der Waals surface area contributed by atoms with E-state index in [1.54, 1.807) is 23.1 Å². The normalized spacial score (nSPS) is 16.4. The van der Waals surface area contributed by atoms with Gasteiger partial charge in [-0.3, -0.25) is 10.1 Å². The number of piperidine rings is 1. The van der Waals surface area contributed by atoms with Crippen LogP contribution in [0, 0.1) is 21.4 Å². The van der Waals surface area contributed by atoms with Crippen molar-refractivity contribution in [3.8, 4) is 6.07 Å². The quantitative estimate of drug-likeness (QED) is 0.209. The van der Waals surface area contributed by atoms with E-state index >= 15 is 0 Å². The van der Waals surface area contributed by atoms with Gasteiger partial charge in [0.2, 0.25) is 0 Å². The molecule has 1 saturated heterocycles. The van der Waals surface area contributed by atoms with Gasteiger partial charge in [0.05, 0.1) is 10.6 Å². The van der Waals surface area contributed by atoms with Gasteiger partial charge < -0.3 is 0 Å². The fraction of sp³-hybridized carbons (Fsp3) is 0.385. The Bertz CT molecular complexity index is 563. The summed E-state index contributed by atoms with van der Waals surface area (Å²) in [5.41, 5.74) is 0.562. The second-order valence-corrected chi connectivity index (χ2v) is 6.62. The number of rotatable bonds is 4. The number of non-ortho nitro benzene ring substituents is 1. The molecule has 1 aromatic rings. The first-order chi connectivity index (χ1) is 10.2. The van der Waals surface area contributed by atoms with Crippen LogP contribution in [0.3, 0.4) is 0 Å². The molecule has 6 nitrogen and oxygen atoms in total. The highest BCUT2D eigenvalue weighted by atomic mass is 33.1. The molecule has 1 aromatic carbocycles. The summed E-state index contributed by atoms with van der Waals surface area (Å²) in [6.07, 6.45) is 3.65. The summed E-state index contributed by atoms with van der Waals surface area (Å²) in [6.45, 7) is 2.07. The third kappa shape index (κ3) is 5.04.